The molecule has 0 bridgehead atoms. The van der Waals surface area contributed by atoms with E-state index in [1.807, 2.05) is 30.3 Å². The largest absolute Gasteiger partial charge is 0.351 e. The summed E-state index contributed by atoms with van der Waals surface area (Å²) in [6.45, 7) is 0.444. The summed E-state index contributed by atoms with van der Waals surface area (Å²) in [5.41, 5.74) is 1.41. The molecule has 0 aromatic heterocycles. The van der Waals surface area contributed by atoms with Crippen LogP contribution in [0.1, 0.15) is 20.7 Å². The number of benzene rings is 2. The van der Waals surface area contributed by atoms with E-state index in [0.29, 0.717) is 12.1 Å². The molecule has 0 aliphatic carbocycles. The molecule has 0 radical (unpaired) electrons. The van der Waals surface area contributed by atoms with E-state index >= 15 is 0 Å². The molecule has 4 heteroatoms. The van der Waals surface area contributed by atoms with Gasteiger partial charge >= 0.3 is 0 Å². The molecule has 1 amide bonds. The normalized spacial score (nSPS) is 11.9. The molecule has 0 heterocycles. The van der Waals surface area contributed by atoms with Gasteiger partial charge in [0.1, 0.15) is 5.82 Å². The van der Waals surface area contributed by atoms with Crippen molar-refractivity contribution in [3.63, 3.8) is 0 Å². The molecule has 0 aliphatic heterocycles. The Balaban J connectivity index is 1.94. The molecule has 0 fully saturated rings. The van der Waals surface area contributed by atoms with Crippen molar-refractivity contribution in [1.29, 1.82) is 0 Å². The number of hydrogen-bond acceptors (Lipinski definition) is 1. The summed E-state index contributed by atoms with van der Waals surface area (Å²) in [6, 6.07) is 15.4. The Bertz CT molecular complexity index is 559. The number of carbonyl (C=O) groups is 1. The number of rotatable bonds is 4. The fraction of sp³-hybridized carbons (Fsp3) is 0.133. The second-order valence-electron chi connectivity index (χ2n) is 4.10. The zero-order valence-corrected chi connectivity index (χ0v) is 11.7. The highest BCUT2D eigenvalue weighted by molar-refractivity contribution is 9.09. The lowest BCUT2D eigenvalue weighted by atomic mass is 10.1. The van der Waals surface area contributed by atoms with Crippen molar-refractivity contribution in [3.05, 3.63) is 71.5 Å². The maximum Gasteiger partial charge on any atom is 0.251 e. The topological polar surface area (TPSA) is 29.1 Å². The first-order valence-electron chi connectivity index (χ1n) is 5.89. The first-order valence-corrected chi connectivity index (χ1v) is 6.81. The van der Waals surface area contributed by atoms with Crippen LogP contribution in [0.4, 0.5) is 4.39 Å². The molecule has 0 spiro atoms. The Labute approximate surface area is 119 Å². The number of nitrogens with one attached hydrogen (secondary N) is 1. The predicted molar refractivity (Wildman–Crippen MR) is 76.8 cm³/mol. The van der Waals surface area contributed by atoms with Gasteiger partial charge < -0.3 is 5.32 Å². The maximum atomic E-state index is 13.0. The van der Waals surface area contributed by atoms with Crippen LogP contribution >= 0.6 is 15.9 Å². The van der Waals surface area contributed by atoms with E-state index in [0.717, 1.165) is 5.56 Å². The monoisotopic (exact) mass is 321 g/mol. The molecule has 1 atom stereocenters. The Morgan fingerprint density at radius 3 is 2.58 bits per heavy atom. The van der Waals surface area contributed by atoms with Gasteiger partial charge in [-0.25, -0.2) is 4.39 Å². The van der Waals surface area contributed by atoms with Crippen molar-refractivity contribution < 1.29 is 9.18 Å². The van der Waals surface area contributed by atoms with E-state index in [2.05, 4.69) is 21.2 Å². The van der Waals surface area contributed by atoms with Crippen molar-refractivity contribution in [2.24, 2.45) is 0 Å². The third kappa shape index (κ3) is 3.89. The van der Waals surface area contributed by atoms with Gasteiger partial charge in [-0.1, -0.05) is 52.3 Å². The zero-order valence-electron chi connectivity index (χ0n) is 10.1. The number of carbonyl (C=O) groups excluding carboxylic acids is 1. The van der Waals surface area contributed by atoms with E-state index in [1.54, 1.807) is 6.07 Å². The summed E-state index contributed by atoms with van der Waals surface area (Å²) in [5.74, 6) is -0.689. The third-order valence-electron chi connectivity index (χ3n) is 2.69. The number of amides is 1. The van der Waals surface area contributed by atoms with Crippen LogP contribution in [-0.2, 0) is 0 Å². The standard InChI is InChI=1S/C15H13BrFNO/c16-14(11-5-2-1-3-6-11)10-18-15(19)12-7-4-8-13(17)9-12/h1-9,14H,10H2,(H,18,19). The van der Waals surface area contributed by atoms with Crippen LogP contribution < -0.4 is 5.32 Å². The average Bonchev–Trinajstić information content (AvgIpc) is 2.45. The summed E-state index contributed by atoms with van der Waals surface area (Å²) in [4.78, 5) is 11.9. The maximum absolute atomic E-state index is 13.0. The third-order valence-corrected chi connectivity index (χ3v) is 3.54. The lowest BCUT2D eigenvalue weighted by Gasteiger charge is -2.11. The Kier molecular flexibility index (Phi) is 4.68. The van der Waals surface area contributed by atoms with Crippen molar-refractivity contribution >= 4 is 21.8 Å². The first-order chi connectivity index (χ1) is 9.16. The summed E-state index contributed by atoms with van der Waals surface area (Å²) in [5, 5.41) is 2.77. The molecule has 2 aromatic rings. The van der Waals surface area contributed by atoms with Crippen LogP contribution in [-0.4, -0.2) is 12.5 Å². The smallest absolute Gasteiger partial charge is 0.251 e. The zero-order chi connectivity index (χ0) is 13.7. The molecule has 1 unspecified atom stereocenters. The minimum Gasteiger partial charge on any atom is -0.351 e. The van der Waals surface area contributed by atoms with E-state index in [-0.39, 0.29) is 10.7 Å². The van der Waals surface area contributed by atoms with Gasteiger partial charge in [-0.15, -0.1) is 0 Å². The quantitative estimate of drug-likeness (QED) is 0.855. The van der Waals surface area contributed by atoms with Gasteiger partial charge in [-0.05, 0) is 23.8 Å². The Hall–Kier alpha value is -1.68. The average molecular weight is 322 g/mol. The van der Waals surface area contributed by atoms with Gasteiger partial charge in [0.15, 0.2) is 0 Å². The van der Waals surface area contributed by atoms with Crippen molar-refractivity contribution in [1.82, 2.24) is 5.32 Å². The van der Waals surface area contributed by atoms with Crippen molar-refractivity contribution in [2.45, 2.75) is 4.83 Å². The molecule has 2 aromatic carbocycles. The molecule has 98 valence electrons. The fourth-order valence-corrected chi connectivity index (χ4v) is 2.16. The number of alkyl halides is 1. The molecular weight excluding hydrogens is 309 g/mol. The van der Waals surface area contributed by atoms with Crippen LogP contribution in [0.3, 0.4) is 0 Å². The van der Waals surface area contributed by atoms with E-state index in [4.69, 9.17) is 0 Å². The van der Waals surface area contributed by atoms with Crippen LogP contribution in [0.2, 0.25) is 0 Å². The highest BCUT2D eigenvalue weighted by Crippen LogP contribution is 2.21. The van der Waals surface area contributed by atoms with Gasteiger partial charge in [0.05, 0.1) is 4.83 Å². The predicted octanol–water partition coefficient (Wildman–Crippen LogP) is 3.69. The highest BCUT2D eigenvalue weighted by Gasteiger charge is 2.10. The first kappa shape index (κ1) is 13.7. The van der Waals surface area contributed by atoms with Gasteiger partial charge in [-0.2, -0.15) is 0 Å². The van der Waals surface area contributed by atoms with Gasteiger partial charge in [0.2, 0.25) is 0 Å². The summed E-state index contributed by atoms with van der Waals surface area (Å²) >= 11 is 3.51. The second kappa shape index (κ2) is 6.48. The van der Waals surface area contributed by atoms with Gasteiger partial charge in [-0.3, -0.25) is 4.79 Å². The number of hydrogen-bond donors (Lipinski definition) is 1. The molecule has 19 heavy (non-hydrogen) atoms. The van der Waals surface area contributed by atoms with E-state index in [1.165, 1.54) is 18.2 Å². The molecule has 0 aliphatic rings. The fourth-order valence-electron chi connectivity index (χ4n) is 1.69. The van der Waals surface area contributed by atoms with Crippen LogP contribution in [0.15, 0.2) is 54.6 Å². The molecule has 1 N–H and O–H groups in total. The van der Waals surface area contributed by atoms with Gasteiger partial charge in [0.25, 0.3) is 5.91 Å². The van der Waals surface area contributed by atoms with Gasteiger partial charge in [0, 0.05) is 12.1 Å². The lowest BCUT2D eigenvalue weighted by Crippen LogP contribution is -2.26. The second-order valence-corrected chi connectivity index (χ2v) is 5.20. The van der Waals surface area contributed by atoms with Crippen LogP contribution in [0.25, 0.3) is 0 Å². The van der Waals surface area contributed by atoms with Crippen LogP contribution in [0.5, 0.6) is 0 Å². The molecule has 2 nitrogen and oxygen atoms in total. The number of halogens is 2. The Morgan fingerprint density at radius 1 is 1.16 bits per heavy atom. The highest BCUT2D eigenvalue weighted by atomic mass is 79.9. The molecule has 2 rings (SSSR count). The molecular formula is C15H13BrFNO. The SMILES string of the molecule is O=C(NCC(Br)c1ccccc1)c1cccc(F)c1. The van der Waals surface area contributed by atoms with E-state index in [9.17, 15) is 9.18 Å². The summed E-state index contributed by atoms with van der Waals surface area (Å²) < 4.78 is 13.0. The van der Waals surface area contributed by atoms with Crippen molar-refractivity contribution in [2.75, 3.05) is 6.54 Å². The molecule has 0 saturated heterocycles. The summed E-state index contributed by atoms with van der Waals surface area (Å²) in [6.07, 6.45) is 0. The van der Waals surface area contributed by atoms with Crippen molar-refractivity contribution in [3.8, 4) is 0 Å². The minimum atomic E-state index is -0.411. The molecule has 0 saturated carbocycles. The summed E-state index contributed by atoms with van der Waals surface area (Å²) in [7, 11) is 0. The lowest BCUT2D eigenvalue weighted by molar-refractivity contribution is 0.0953. The van der Waals surface area contributed by atoms with E-state index < -0.39 is 5.82 Å². The van der Waals surface area contributed by atoms with Crippen LogP contribution in [0, 0.1) is 5.82 Å². The minimum absolute atomic E-state index is 0.0335. The Morgan fingerprint density at radius 2 is 1.89 bits per heavy atom.